The summed E-state index contributed by atoms with van der Waals surface area (Å²) in [4.78, 5) is 15.6. The van der Waals surface area contributed by atoms with Gasteiger partial charge in [-0.05, 0) is 45.0 Å². The van der Waals surface area contributed by atoms with Crippen LogP contribution in [0, 0.1) is 0 Å². The summed E-state index contributed by atoms with van der Waals surface area (Å²) >= 11 is 0. The second-order valence-electron chi connectivity index (χ2n) is 5.59. The minimum atomic E-state index is -0.0759. The van der Waals surface area contributed by atoms with Crippen molar-refractivity contribution in [3.05, 3.63) is 36.9 Å². The molecule has 2 aromatic rings. The molecule has 0 unspecified atom stereocenters. The molecule has 1 aromatic heterocycles. The summed E-state index contributed by atoms with van der Waals surface area (Å²) in [6, 6.07) is 7.44. The van der Waals surface area contributed by atoms with E-state index in [1.165, 1.54) is 6.39 Å². The molecule has 106 valence electrons. The van der Waals surface area contributed by atoms with E-state index in [1.54, 1.807) is 6.20 Å². The number of benzene rings is 1. The van der Waals surface area contributed by atoms with E-state index in [-0.39, 0.29) is 18.0 Å². The summed E-state index contributed by atoms with van der Waals surface area (Å²) in [5.74, 6) is 0.643. The van der Waals surface area contributed by atoms with Crippen molar-refractivity contribution in [2.45, 2.75) is 26.3 Å². The first-order valence-electron chi connectivity index (χ1n) is 6.48. The molecule has 1 heterocycles. The highest BCUT2D eigenvalue weighted by molar-refractivity contribution is 5.92. The van der Waals surface area contributed by atoms with Gasteiger partial charge in [-0.25, -0.2) is 4.98 Å². The van der Waals surface area contributed by atoms with Gasteiger partial charge in [-0.3, -0.25) is 4.79 Å². The molecule has 5 heteroatoms. The monoisotopic (exact) mass is 273 g/mol. The number of carbonyl (C=O) groups excluding carboxylic acids is 1. The van der Waals surface area contributed by atoms with Gasteiger partial charge in [-0.2, -0.15) is 0 Å². The molecule has 0 aliphatic heterocycles. The largest absolute Gasteiger partial charge is 0.444 e. The van der Waals surface area contributed by atoms with E-state index in [0.29, 0.717) is 5.76 Å². The smallest absolute Gasteiger partial charge is 0.238 e. The predicted octanol–water partition coefficient (Wildman–Crippen LogP) is 2.67. The molecule has 5 nitrogen and oxygen atoms in total. The second kappa shape index (κ2) is 5.88. The quantitative estimate of drug-likeness (QED) is 0.898. The number of nitrogens with zero attached hydrogens (tertiary/aromatic N) is 1. The van der Waals surface area contributed by atoms with Gasteiger partial charge in [0.05, 0.1) is 12.7 Å². The highest BCUT2D eigenvalue weighted by Gasteiger charge is 2.11. The fourth-order valence-electron chi connectivity index (χ4n) is 1.63. The number of rotatable bonds is 4. The van der Waals surface area contributed by atoms with Crippen LogP contribution in [0.4, 0.5) is 5.69 Å². The Morgan fingerprint density at radius 2 is 1.95 bits per heavy atom. The summed E-state index contributed by atoms with van der Waals surface area (Å²) < 4.78 is 5.21. The van der Waals surface area contributed by atoms with Gasteiger partial charge in [0.25, 0.3) is 0 Å². The summed E-state index contributed by atoms with van der Waals surface area (Å²) in [5.41, 5.74) is 1.61. The molecule has 2 N–H and O–H groups in total. The molecular formula is C15H19N3O2. The van der Waals surface area contributed by atoms with Gasteiger partial charge >= 0.3 is 0 Å². The van der Waals surface area contributed by atoms with E-state index in [1.807, 2.05) is 45.0 Å². The van der Waals surface area contributed by atoms with Gasteiger partial charge in [0.15, 0.2) is 12.2 Å². The highest BCUT2D eigenvalue weighted by Crippen LogP contribution is 2.20. The third kappa shape index (κ3) is 4.20. The molecule has 0 atom stereocenters. The first-order valence-corrected chi connectivity index (χ1v) is 6.48. The van der Waals surface area contributed by atoms with Crippen molar-refractivity contribution >= 4 is 11.6 Å². The van der Waals surface area contributed by atoms with E-state index in [4.69, 9.17) is 4.42 Å². The maximum atomic E-state index is 11.8. The molecular weight excluding hydrogens is 254 g/mol. The summed E-state index contributed by atoms with van der Waals surface area (Å²) in [6.07, 6.45) is 3.05. The molecule has 20 heavy (non-hydrogen) atoms. The zero-order valence-electron chi connectivity index (χ0n) is 11.9. The average Bonchev–Trinajstić information content (AvgIpc) is 2.90. The summed E-state index contributed by atoms with van der Waals surface area (Å²) in [7, 11) is 0. The van der Waals surface area contributed by atoms with Gasteiger partial charge < -0.3 is 15.1 Å². The van der Waals surface area contributed by atoms with Crippen LogP contribution in [0.3, 0.4) is 0 Å². The first kappa shape index (κ1) is 14.3. The van der Waals surface area contributed by atoms with Gasteiger partial charge in [-0.15, -0.1) is 0 Å². The zero-order chi connectivity index (χ0) is 14.6. The minimum absolute atomic E-state index is 0.0626. The number of aromatic nitrogens is 1. The Kier molecular flexibility index (Phi) is 4.20. The van der Waals surface area contributed by atoms with Crippen LogP contribution in [0.1, 0.15) is 20.8 Å². The summed E-state index contributed by atoms with van der Waals surface area (Å²) in [5, 5.41) is 5.98. The molecule has 0 fully saturated rings. The number of hydrogen-bond acceptors (Lipinski definition) is 4. The molecule has 0 spiro atoms. The standard InChI is InChI=1S/C15H19N3O2/c1-15(2,3)17-9-14(19)18-12-6-4-11(5-7-12)13-8-16-10-20-13/h4-8,10,17H,9H2,1-3H3,(H,18,19). The summed E-state index contributed by atoms with van der Waals surface area (Å²) in [6.45, 7) is 6.35. The lowest BCUT2D eigenvalue weighted by molar-refractivity contribution is -0.115. The molecule has 0 saturated heterocycles. The number of oxazole rings is 1. The molecule has 0 radical (unpaired) electrons. The van der Waals surface area contributed by atoms with E-state index in [0.717, 1.165) is 11.3 Å². The Bertz CT molecular complexity index is 554. The van der Waals surface area contributed by atoms with Gasteiger partial charge in [0, 0.05) is 16.8 Å². The van der Waals surface area contributed by atoms with Crippen molar-refractivity contribution in [1.82, 2.24) is 10.3 Å². The SMILES string of the molecule is CC(C)(C)NCC(=O)Nc1ccc(-c2cnco2)cc1. The maximum absolute atomic E-state index is 11.8. The van der Waals surface area contributed by atoms with Crippen LogP contribution >= 0.6 is 0 Å². The topological polar surface area (TPSA) is 67.2 Å². The van der Waals surface area contributed by atoms with Crippen LogP contribution < -0.4 is 10.6 Å². The number of carbonyl (C=O) groups is 1. The van der Waals surface area contributed by atoms with Gasteiger partial charge in [0.2, 0.25) is 5.91 Å². The van der Waals surface area contributed by atoms with Crippen molar-refractivity contribution < 1.29 is 9.21 Å². The van der Waals surface area contributed by atoms with Gasteiger partial charge in [0.1, 0.15) is 0 Å². The Morgan fingerprint density at radius 3 is 2.50 bits per heavy atom. The van der Waals surface area contributed by atoms with Crippen molar-refractivity contribution in [3.63, 3.8) is 0 Å². The van der Waals surface area contributed by atoms with Crippen molar-refractivity contribution in [2.75, 3.05) is 11.9 Å². The number of nitrogens with one attached hydrogen (secondary N) is 2. The number of amides is 1. The third-order valence-corrected chi connectivity index (χ3v) is 2.66. The molecule has 0 saturated carbocycles. The Morgan fingerprint density at radius 1 is 1.25 bits per heavy atom. The van der Waals surface area contributed by atoms with Crippen LogP contribution in [0.5, 0.6) is 0 Å². The third-order valence-electron chi connectivity index (χ3n) is 2.66. The van der Waals surface area contributed by atoms with Crippen molar-refractivity contribution in [1.29, 1.82) is 0 Å². The second-order valence-corrected chi connectivity index (χ2v) is 5.59. The number of anilines is 1. The van der Waals surface area contributed by atoms with E-state index in [9.17, 15) is 4.79 Å². The van der Waals surface area contributed by atoms with Crippen LogP contribution in [-0.4, -0.2) is 23.0 Å². The minimum Gasteiger partial charge on any atom is -0.444 e. The van der Waals surface area contributed by atoms with E-state index in [2.05, 4.69) is 15.6 Å². The first-order chi connectivity index (χ1) is 9.44. The average molecular weight is 273 g/mol. The van der Waals surface area contributed by atoms with Crippen LogP contribution in [0.2, 0.25) is 0 Å². The lowest BCUT2D eigenvalue weighted by Crippen LogP contribution is -2.41. The van der Waals surface area contributed by atoms with E-state index < -0.39 is 0 Å². The highest BCUT2D eigenvalue weighted by atomic mass is 16.3. The fraction of sp³-hybridized carbons (Fsp3) is 0.333. The molecule has 1 amide bonds. The Hall–Kier alpha value is -2.14. The molecule has 0 aliphatic rings. The fourth-order valence-corrected chi connectivity index (χ4v) is 1.63. The molecule has 1 aromatic carbocycles. The normalized spacial score (nSPS) is 11.3. The van der Waals surface area contributed by atoms with E-state index >= 15 is 0 Å². The van der Waals surface area contributed by atoms with Crippen LogP contribution in [0.15, 0.2) is 41.3 Å². The van der Waals surface area contributed by atoms with Crippen LogP contribution in [0.25, 0.3) is 11.3 Å². The zero-order valence-corrected chi connectivity index (χ0v) is 11.9. The predicted molar refractivity (Wildman–Crippen MR) is 78.3 cm³/mol. The number of hydrogen-bond donors (Lipinski definition) is 2. The molecule has 2 rings (SSSR count). The lowest BCUT2D eigenvalue weighted by atomic mass is 10.1. The van der Waals surface area contributed by atoms with Gasteiger partial charge in [-0.1, -0.05) is 0 Å². The van der Waals surface area contributed by atoms with Crippen molar-refractivity contribution in [2.24, 2.45) is 0 Å². The Labute approximate surface area is 118 Å². The van der Waals surface area contributed by atoms with Crippen LogP contribution in [-0.2, 0) is 4.79 Å². The lowest BCUT2D eigenvalue weighted by Gasteiger charge is -2.20. The molecule has 0 bridgehead atoms. The van der Waals surface area contributed by atoms with Crippen molar-refractivity contribution in [3.8, 4) is 11.3 Å². The Balaban J connectivity index is 1.92. The molecule has 0 aliphatic carbocycles. The maximum Gasteiger partial charge on any atom is 0.238 e.